The number of nitrogens with zero attached hydrogens (tertiary/aromatic N) is 4. The van der Waals surface area contributed by atoms with Gasteiger partial charge in [0.2, 0.25) is 0 Å². The zero-order valence-corrected chi connectivity index (χ0v) is 19.4. The Bertz CT molecular complexity index is 927. The summed E-state index contributed by atoms with van der Waals surface area (Å²) in [5.41, 5.74) is 6.48. The molecule has 4 amide bonds. The standard InChI is InChI=1S/C22H31N7O6/c23-19(24)18(20(32)27-8-6-26(7-9-27)14-17(30)31)25-21(33)28-10-12-29(13-11-28)22(34)35-15-16-4-2-1-3-5-16/h1-5,18H,6-15H2,(H3,23,24)(H,25,33)(H,30,31). The molecule has 13 nitrogen and oxygen atoms in total. The summed E-state index contributed by atoms with van der Waals surface area (Å²) in [6, 6.07) is 7.44. The number of piperazine rings is 2. The third-order valence-corrected chi connectivity index (χ3v) is 5.90. The van der Waals surface area contributed by atoms with E-state index in [9.17, 15) is 19.2 Å². The molecule has 0 spiro atoms. The SMILES string of the molecule is N=C(N)C(NC(=O)N1CCN(C(=O)OCc2ccccc2)CC1)C(=O)N1CCN(CC(=O)O)CC1. The van der Waals surface area contributed by atoms with Crippen LogP contribution in [0.1, 0.15) is 5.56 Å². The lowest BCUT2D eigenvalue weighted by atomic mass is 10.2. The monoisotopic (exact) mass is 489 g/mol. The number of hydrogen-bond acceptors (Lipinski definition) is 7. The number of ether oxygens (including phenoxy) is 1. The molecule has 3 rings (SSSR count). The molecule has 0 saturated carbocycles. The van der Waals surface area contributed by atoms with E-state index < -0.39 is 35.9 Å². The van der Waals surface area contributed by atoms with Crippen LogP contribution in [0.3, 0.4) is 0 Å². The molecule has 13 heteroatoms. The Labute approximate surface area is 202 Å². The maximum atomic E-state index is 12.9. The van der Waals surface area contributed by atoms with E-state index in [0.29, 0.717) is 13.1 Å². The molecule has 1 atom stereocenters. The predicted octanol–water partition coefficient (Wildman–Crippen LogP) is -0.816. The molecule has 2 fully saturated rings. The van der Waals surface area contributed by atoms with Crippen molar-refractivity contribution in [1.29, 1.82) is 5.41 Å². The topological polar surface area (TPSA) is 173 Å². The molecule has 0 aromatic heterocycles. The number of benzene rings is 1. The molecular formula is C22H31N7O6. The van der Waals surface area contributed by atoms with E-state index in [1.54, 1.807) is 4.90 Å². The summed E-state index contributed by atoms with van der Waals surface area (Å²) in [5, 5.41) is 19.2. The van der Waals surface area contributed by atoms with Crippen LogP contribution in [0.4, 0.5) is 9.59 Å². The molecule has 5 N–H and O–H groups in total. The molecule has 0 bridgehead atoms. The van der Waals surface area contributed by atoms with Crippen LogP contribution in [0.25, 0.3) is 0 Å². The Hall–Kier alpha value is -3.87. The Morgan fingerprint density at radius 1 is 0.943 bits per heavy atom. The molecule has 0 aliphatic carbocycles. The van der Waals surface area contributed by atoms with Crippen molar-refractivity contribution in [3.05, 3.63) is 35.9 Å². The molecule has 1 unspecified atom stereocenters. The van der Waals surface area contributed by atoms with Crippen LogP contribution in [0.15, 0.2) is 30.3 Å². The van der Waals surface area contributed by atoms with Gasteiger partial charge >= 0.3 is 18.1 Å². The van der Waals surface area contributed by atoms with Crippen molar-refractivity contribution in [2.24, 2.45) is 5.73 Å². The maximum absolute atomic E-state index is 12.9. The summed E-state index contributed by atoms with van der Waals surface area (Å²) in [6.07, 6.45) is -0.465. The number of nitrogens with two attached hydrogens (primary N) is 1. The number of carbonyl (C=O) groups is 4. The van der Waals surface area contributed by atoms with Gasteiger partial charge in [-0.1, -0.05) is 30.3 Å². The first kappa shape index (κ1) is 25.7. The van der Waals surface area contributed by atoms with Crippen LogP contribution in [-0.2, 0) is 20.9 Å². The van der Waals surface area contributed by atoms with Gasteiger partial charge in [0.05, 0.1) is 6.54 Å². The number of hydrogen-bond donors (Lipinski definition) is 4. The summed E-state index contributed by atoms with van der Waals surface area (Å²) in [6.45, 7) is 2.35. The van der Waals surface area contributed by atoms with Crippen molar-refractivity contribution in [3.63, 3.8) is 0 Å². The second-order valence-electron chi connectivity index (χ2n) is 8.35. The van der Waals surface area contributed by atoms with E-state index in [1.165, 1.54) is 14.7 Å². The van der Waals surface area contributed by atoms with Gasteiger partial charge in [0.15, 0.2) is 6.04 Å². The summed E-state index contributed by atoms with van der Waals surface area (Å²) >= 11 is 0. The normalized spacial score (nSPS) is 17.4. The fourth-order valence-electron chi connectivity index (χ4n) is 3.89. The Morgan fingerprint density at radius 3 is 2.09 bits per heavy atom. The molecule has 2 aliphatic heterocycles. The van der Waals surface area contributed by atoms with Gasteiger partial charge in [-0.2, -0.15) is 0 Å². The number of aliphatic carboxylic acids is 1. The third kappa shape index (κ3) is 7.30. The van der Waals surface area contributed by atoms with Gasteiger partial charge in [-0.05, 0) is 5.56 Å². The fraction of sp³-hybridized carbons (Fsp3) is 0.500. The Kier molecular flexibility index (Phi) is 8.84. The first-order chi connectivity index (χ1) is 16.7. The van der Waals surface area contributed by atoms with E-state index >= 15 is 0 Å². The average molecular weight is 490 g/mol. The van der Waals surface area contributed by atoms with E-state index in [1.807, 2.05) is 30.3 Å². The average Bonchev–Trinajstić information content (AvgIpc) is 2.86. The van der Waals surface area contributed by atoms with Crippen LogP contribution in [0.2, 0.25) is 0 Å². The van der Waals surface area contributed by atoms with Crippen molar-refractivity contribution < 1.29 is 29.0 Å². The summed E-state index contributed by atoms with van der Waals surface area (Å²) in [5.74, 6) is -1.94. The lowest BCUT2D eigenvalue weighted by Gasteiger charge is -2.37. The molecule has 1 aromatic rings. The number of carboxylic acids is 1. The highest BCUT2D eigenvalue weighted by molar-refractivity contribution is 6.07. The number of amides is 4. The zero-order chi connectivity index (χ0) is 25.4. The van der Waals surface area contributed by atoms with Crippen molar-refractivity contribution in [3.8, 4) is 0 Å². The Morgan fingerprint density at radius 2 is 1.51 bits per heavy atom. The van der Waals surface area contributed by atoms with Crippen LogP contribution < -0.4 is 11.1 Å². The van der Waals surface area contributed by atoms with Gasteiger partial charge in [0, 0.05) is 52.4 Å². The highest BCUT2D eigenvalue weighted by Gasteiger charge is 2.33. The molecule has 35 heavy (non-hydrogen) atoms. The fourth-order valence-corrected chi connectivity index (χ4v) is 3.89. The van der Waals surface area contributed by atoms with Gasteiger partial charge in [-0.15, -0.1) is 0 Å². The number of rotatable bonds is 7. The molecule has 0 radical (unpaired) electrons. The third-order valence-electron chi connectivity index (χ3n) is 5.90. The smallest absolute Gasteiger partial charge is 0.410 e. The Balaban J connectivity index is 1.45. The van der Waals surface area contributed by atoms with Gasteiger partial charge < -0.3 is 35.6 Å². The highest BCUT2D eigenvalue weighted by atomic mass is 16.6. The number of carbonyl (C=O) groups excluding carboxylic acids is 3. The summed E-state index contributed by atoms with van der Waals surface area (Å²) < 4.78 is 5.32. The van der Waals surface area contributed by atoms with Crippen LogP contribution in [-0.4, -0.2) is 119 Å². The van der Waals surface area contributed by atoms with Crippen LogP contribution in [0, 0.1) is 5.41 Å². The lowest BCUT2D eigenvalue weighted by Crippen LogP contribution is -2.61. The number of nitrogens with one attached hydrogen (secondary N) is 2. The molecule has 190 valence electrons. The van der Waals surface area contributed by atoms with E-state index in [4.69, 9.17) is 21.0 Å². The number of carboxylic acid groups (broad SMARTS) is 1. The van der Waals surface area contributed by atoms with Gasteiger partial charge in [0.25, 0.3) is 5.91 Å². The van der Waals surface area contributed by atoms with Gasteiger partial charge in [0.1, 0.15) is 12.4 Å². The first-order valence-corrected chi connectivity index (χ1v) is 11.3. The largest absolute Gasteiger partial charge is 0.480 e. The quantitative estimate of drug-likeness (QED) is 0.284. The van der Waals surface area contributed by atoms with E-state index in [-0.39, 0.29) is 52.4 Å². The van der Waals surface area contributed by atoms with Crippen LogP contribution in [0.5, 0.6) is 0 Å². The van der Waals surface area contributed by atoms with Crippen molar-refractivity contribution in [2.45, 2.75) is 12.6 Å². The van der Waals surface area contributed by atoms with Gasteiger partial charge in [-0.25, -0.2) is 9.59 Å². The highest BCUT2D eigenvalue weighted by Crippen LogP contribution is 2.09. The lowest BCUT2D eigenvalue weighted by molar-refractivity contribution is -0.139. The predicted molar refractivity (Wildman–Crippen MR) is 125 cm³/mol. The number of urea groups is 1. The summed E-state index contributed by atoms with van der Waals surface area (Å²) in [4.78, 5) is 54.9. The van der Waals surface area contributed by atoms with Crippen LogP contribution >= 0.6 is 0 Å². The minimum absolute atomic E-state index is 0.110. The van der Waals surface area contributed by atoms with Crippen molar-refractivity contribution >= 4 is 29.8 Å². The minimum Gasteiger partial charge on any atom is -0.480 e. The molecular weight excluding hydrogens is 458 g/mol. The minimum atomic E-state index is -1.32. The first-order valence-electron chi connectivity index (χ1n) is 11.3. The van der Waals surface area contributed by atoms with Gasteiger partial charge in [-0.3, -0.25) is 19.9 Å². The zero-order valence-electron chi connectivity index (χ0n) is 19.4. The van der Waals surface area contributed by atoms with Crippen molar-refractivity contribution in [2.75, 3.05) is 58.9 Å². The molecule has 2 heterocycles. The summed E-state index contributed by atoms with van der Waals surface area (Å²) in [7, 11) is 0. The van der Waals surface area contributed by atoms with Crippen molar-refractivity contribution in [1.82, 2.24) is 24.9 Å². The molecule has 1 aromatic carbocycles. The second kappa shape index (κ2) is 12.0. The second-order valence-corrected chi connectivity index (χ2v) is 8.35. The van der Waals surface area contributed by atoms with E-state index in [0.717, 1.165) is 5.56 Å². The maximum Gasteiger partial charge on any atom is 0.410 e. The molecule has 2 saturated heterocycles. The molecule has 2 aliphatic rings. The number of amidine groups is 1. The van der Waals surface area contributed by atoms with E-state index in [2.05, 4.69) is 5.32 Å².